The number of hydrogen-bond donors (Lipinski definition) is 0. The quantitative estimate of drug-likeness (QED) is 0.546. The number of thiophene rings is 1. The van der Waals surface area contributed by atoms with Gasteiger partial charge in [0.1, 0.15) is 14.7 Å². The van der Waals surface area contributed by atoms with Crippen LogP contribution in [0.2, 0.25) is 4.34 Å². The zero-order chi connectivity index (χ0) is 13.4. The molecule has 3 rings (SSSR count). The Morgan fingerprint density at radius 2 is 2.37 bits per heavy atom. The Bertz CT molecular complexity index is 794. The van der Waals surface area contributed by atoms with E-state index >= 15 is 0 Å². The van der Waals surface area contributed by atoms with E-state index in [9.17, 15) is 4.79 Å². The van der Waals surface area contributed by atoms with Crippen LogP contribution >= 0.6 is 46.2 Å². The van der Waals surface area contributed by atoms with Crippen molar-refractivity contribution in [3.63, 3.8) is 0 Å². The van der Waals surface area contributed by atoms with E-state index in [1.54, 1.807) is 11.6 Å². The first-order chi connectivity index (χ1) is 9.16. The molecule has 19 heavy (non-hydrogen) atoms. The number of nitrogens with zero attached hydrogens (tertiary/aromatic N) is 4. The zero-order valence-corrected chi connectivity index (χ0v) is 12.9. The van der Waals surface area contributed by atoms with Crippen LogP contribution < -0.4 is 5.56 Å². The summed E-state index contributed by atoms with van der Waals surface area (Å²) >= 11 is 9.94. The molecule has 98 valence electrons. The smallest absolute Gasteiger partial charge is 0.271 e. The molecule has 3 aromatic rings. The molecular weight excluding hydrogens is 324 g/mol. The molecule has 0 aliphatic heterocycles. The Kier molecular flexibility index (Phi) is 3.57. The van der Waals surface area contributed by atoms with E-state index in [4.69, 9.17) is 11.6 Å². The lowest BCUT2D eigenvalue weighted by Crippen LogP contribution is -2.18. The molecule has 0 aromatic carbocycles. The van der Waals surface area contributed by atoms with Gasteiger partial charge in [0.2, 0.25) is 0 Å². The summed E-state index contributed by atoms with van der Waals surface area (Å²) in [5.41, 5.74) is 1.43. The fourth-order valence-electron chi connectivity index (χ4n) is 1.51. The second-order valence-electron chi connectivity index (χ2n) is 3.68. The van der Waals surface area contributed by atoms with Gasteiger partial charge < -0.3 is 0 Å². The highest BCUT2D eigenvalue weighted by Gasteiger charge is 2.12. The molecule has 9 heteroatoms. The van der Waals surface area contributed by atoms with Crippen LogP contribution in [-0.2, 0) is 12.8 Å². The van der Waals surface area contributed by atoms with Crippen molar-refractivity contribution in [3.05, 3.63) is 31.8 Å². The summed E-state index contributed by atoms with van der Waals surface area (Å²) in [7, 11) is 1.72. The van der Waals surface area contributed by atoms with Gasteiger partial charge in [0.25, 0.3) is 5.56 Å². The molecule has 5 nitrogen and oxygen atoms in total. The summed E-state index contributed by atoms with van der Waals surface area (Å²) < 4.78 is 6.59. The van der Waals surface area contributed by atoms with Gasteiger partial charge in [0.15, 0.2) is 5.16 Å². The van der Waals surface area contributed by atoms with Gasteiger partial charge in [-0.1, -0.05) is 27.9 Å². The Morgan fingerprint density at radius 1 is 1.53 bits per heavy atom. The normalized spacial score (nSPS) is 11.3. The molecule has 0 radical (unpaired) electrons. The number of hydrogen-bond acceptors (Lipinski definition) is 7. The van der Waals surface area contributed by atoms with E-state index in [1.165, 1.54) is 23.1 Å². The number of thioether (sulfide) groups is 1. The molecule has 0 atom stereocenters. The summed E-state index contributed by atoms with van der Waals surface area (Å²) in [5, 5.41) is 6.46. The summed E-state index contributed by atoms with van der Waals surface area (Å²) in [6, 6.07) is 1.85. The number of aromatic nitrogens is 4. The van der Waals surface area contributed by atoms with Gasteiger partial charge in [-0.25, -0.2) is 4.98 Å². The Labute approximate surface area is 125 Å². The second kappa shape index (κ2) is 5.20. The third-order valence-corrected chi connectivity index (χ3v) is 5.41. The largest absolute Gasteiger partial charge is 0.290 e. The van der Waals surface area contributed by atoms with Crippen LogP contribution in [0.25, 0.3) is 10.2 Å². The van der Waals surface area contributed by atoms with E-state index in [-0.39, 0.29) is 5.56 Å². The molecule has 0 unspecified atom stereocenters. The highest BCUT2D eigenvalue weighted by molar-refractivity contribution is 7.98. The lowest BCUT2D eigenvalue weighted by molar-refractivity contribution is 0.727. The summed E-state index contributed by atoms with van der Waals surface area (Å²) in [4.78, 5) is 16.6. The van der Waals surface area contributed by atoms with Crippen molar-refractivity contribution in [1.82, 2.24) is 19.1 Å². The van der Waals surface area contributed by atoms with Gasteiger partial charge in [0, 0.05) is 24.3 Å². The molecule has 0 aliphatic rings. The minimum atomic E-state index is -0.0231. The van der Waals surface area contributed by atoms with Crippen molar-refractivity contribution in [2.45, 2.75) is 10.9 Å². The lowest BCUT2D eigenvalue weighted by Gasteiger charge is -2.05. The minimum absolute atomic E-state index is 0.0231. The van der Waals surface area contributed by atoms with E-state index in [0.29, 0.717) is 19.9 Å². The van der Waals surface area contributed by atoms with Crippen LogP contribution in [0.15, 0.2) is 21.4 Å². The molecule has 0 fully saturated rings. The second-order valence-corrected chi connectivity index (χ2v) is 6.89. The van der Waals surface area contributed by atoms with Crippen LogP contribution in [-0.4, -0.2) is 19.1 Å². The molecule has 0 N–H and O–H groups in total. The van der Waals surface area contributed by atoms with Crippen molar-refractivity contribution in [2.24, 2.45) is 7.05 Å². The van der Waals surface area contributed by atoms with Gasteiger partial charge >= 0.3 is 0 Å². The summed E-state index contributed by atoms with van der Waals surface area (Å²) in [6.07, 6.45) is 0. The van der Waals surface area contributed by atoms with E-state index < -0.39 is 0 Å². The predicted molar refractivity (Wildman–Crippen MR) is 79.3 cm³/mol. The van der Waals surface area contributed by atoms with Gasteiger partial charge in [-0.15, -0.1) is 16.4 Å². The molecule has 0 aliphatic carbocycles. The predicted octanol–water partition coefficient (Wildman–Crippen LogP) is 2.79. The van der Waals surface area contributed by atoms with Crippen LogP contribution in [0.1, 0.15) is 5.69 Å². The Hall–Kier alpha value is -0.960. The van der Waals surface area contributed by atoms with Crippen molar-refractivity contribution >= 4 is 56.4 Å². The monoisotopic (exact) mass is 330 g/mol. The highest BCUT2D eigenvalue weighted by Crippen LogP contribution is 2.26. The fraction of sp³-hybridized carbons (Fsp3) is 0.200. The van der Waals surface area contributed by atoms with Gasteiger partial charge in [-0.3, -0.25) is 9.36 Å². The lowest BCUT2D eigenvalue weighted by atomic mass is 10.5. The average molecular weight is 331 g/mol. The highest BCUT2D eigenvalue weighted by atomic mass is 35.5. The summed E-state index contributed by atoms with van der Waals surface area (Å²) in [6.45, 7) is 0. The molecule has 3 heterocycles. The van der Waals surface area contributed by atoms with Crippen molar-refractivity contribution in [2.75, 3.05) is 0 Å². The first-order valence-corrected chi connectivity index (χ1v) is 8.22. The number of rotatable bonds is 3. The van der Waals surface area contributed by atoms with Crippen molar-refractivity contribution < 1.29 is 0 Å². The van der Waals surface area contributed by atoms with Crippen molar-refractivity contribution in [1.29, 1.82) is 0 Å². The van der Waals surface area contributed by atoms with Crippen molar-refractivity contribution in [3.8, 4) is 0 Å². The third-order valence-electron chi connectivity index (χ3n) is 2.49. The molecule has 0 spiro atoms. The van der Waals surface area contributed by atoms with Crippen LogP contribution in [0.3, 0.4) is 0 Å². The molecule has 0 amide bonds. The van der Waals surface area contributed by atoms with E-state index in [2.05, 4.69) is 14.6 Å². The maximum Gasteiger partial charge on any atom is 0.271 e. The topological polar surface area (TPSA) is 60.7 Å². The fourth-order valence-corrected chi connectivity index (χ4v) is 4.02. The third kappa shape index (κ3) is 2.40. The van der Waals surface area contributed by atoms with Gasteiger partial charge in [0.05, 0.1) is 5.52 Å². The molecule has 0 saturated carbocycles. The molecule has 0 saturated heterocycles. The van der Waals surface area contributed by atoms with Crippen LogP contribution in [0.4, 0.5) is 0 Å². The minimum Gasteiger partial charge on any atom is -0.290 e. The van der Waals surface area contributed by atoms with Gasteiger partial charge in [-0.05, 0) is 11.4 Å². The molecule has 0 bridgehead atoms. The Morgan fingerprint density at radius 3 is 3.11 bits per heavy atom. The number of halogens is 1. The molecule has 3 aromatic heterocycles. The molecular formula is C10H7ClN4OS3. The number of fused-ring (bicyclic) bond motifs is 1. The van der Waals surface area contributed by atoms with Gasteiger partial charge in [-0.2, -0.15) is 0 Å². The van der Waals surface area contributed by atoms with Crippen LogP contribution in [0.5, 0.6) is 0 Å². The zero-order valence-electron chi connectivity index (χ0n) is 9.66. The average Bonchev–Trinajstić information content (AvgIpc) is 3.01. The van der Waals surface area contributed by atoms with Crippen LogP contribution in [0, 0.1) is 0 Å². The van der Waals surface area contributed by atoms with E-state index in [0.717, 1.165) is 22.7 Å². The summed E-state index contributed by atoms with van der Waals surface area (Å²) in [5.74, 6) is 0.547. The standard InChI is InChI=1S/C10H7ClN4OS3/c1-15-9(16)7-5(2-3-17-7)12-10(15)18-4-6-8(11)19-14-13-6/h2-3H,4H2,1H3. The van der Waals surface area contributed by atoms with E-state index in [1.807, 2.05) is 11.4 Å². The first kappa shape index (κ1) is 13.0. The maximum atomic E-state index is 12.1. The maximum absolute atomic E-state index is 12.1. The first-order valence-electron chi connectivity index (χ1n) is 5.20. The SMILES string of the molecule is Cn1c(SCc2nnsc2Cl)nc2ccsc2c1=O. The Balaban J connectivity index is 1.95.